The predicted molar refractivity (Wildman–Crippen MR) is 88.3 cm³/mol. The van der Waals surface area contributed by atoms with Crippen molar-refractivity contribution in [1.82, 2.24) is 0 Å². The fraction of sp³-hybridized carbons (Fsp3) is 0.562. The Labute approximate surface area is 136 Å². The van der Waals surface area contributed by atoms with Crippen LogP contribution in [0.2, 0.25) is 5.02 Å². The zero-order valence-electron chi connectivity index (χ0n) is 12.8. The number of carbonyl (C=O) groups is 1. The van der Waals surface area contributed by atoms with Crippen molar-refractivity contribution in [1.29, 1.82) is 0 Å². The van der Waals surface area contributed by atoms with E-state index in [0.29, 0.717) is 17.3 Å². The van der Waals surface area contributed by atoms with Crippen molar-refractivity contribution in [3.05, 3.63) is 28.8 Å². The average Bonchev–Trinajstić information content (AvgIpc) is 3.04. The van der Waals surface area contributed by atoms with E-state index in [2.05, 4.69) is 0 Å². The van der Waals surface area contributed by atoms with Gasteiger partial charge in [-0.3, -0.25) is 4.79 Å². The van der Waals surface area contributed by atoms with E-state index in [0.717, 1.165) is 37.5 Å². The lowest BCUT2D eigenvalue weighted by Gasteiger charge is -2.25. The first-order valence-corrected chi connectivity index (χ1v) is 9.89. The van der Waals surface area contributed by atoms with Crippen molar-refractivity contribution in [3.63, 3.8) is 0 Å². The number of hydrogen-bond acceptors (Lipinski definition) is 3. The van der Waals surface area contributed by atoms with Crippen LogP contribution >= 0.6 is 11.6 Å². The van der Waals surface area contributed by atoms with Gasteiger partial charge in [-0.25, -0.2) is 8.42 Å². The number of hydrogen-bond donors (Lipinski definition) is 0. The van der Waals surface area contributed by atoms with Crippen LogP contribution in [0.5, 0.6) is 0 Å². The Balaban J connectivity index is 2.07. The van der Waals surface area contributed by atoms with Crippen LogP contribution < -0.4 is 4.90 Å². The monoisotopic (exact) mass is 341 g/mol. The lowest BCUT2D eigenvalue weighted by atomic mass is 9.81. The van der Waals surface area contributed by atoms with Crippen LogP contribution in [0.1, 0.15) is 38.2 Å². The summed E-state index contributed by atoms with van der Waals surface area (Å²) in [5, 5.41) is -0.525. The van der Waals surface area contributed by atoms with E-state index in [4.69, 9.17) is 11.6 Å². The number of benzene rings is 1. The van der Waals surface area contributed by atoms with E-state index in [1.54, 1.807) is 11.0 Å². The summed E-state index contributed by atoms with van der Waals surface area (Å²) in [6.07, 6.45) is 5.42. The smallest absolute Gasteiger partial charge is 0.245 e. The van der Waals surface area contributed by atoms with Crippen LogP contribution in [-0.2, 0) is 20.0 Å². The predicted octanol–water partition coefficient (Wildman–Crippen LogP) is 2.93. The molecule has 1 atom stereocenters. The third-order valence-corrected chi connectivity index (χ3v) is 6.90. The first kappa shape index (κ1) is 15.8. The topological polar surface area (TPSA) is 54.5 Å². The molecule has 4 nitrogen and oxygen atoms in total. The molecule has 0 aromatic heterocycles. The van der Waals surface area contributed by atoms with Gasteiger partial charge in [0.2, 0.25) is 5.91 Å². The van der Waals surface area contributed by atoms with Crippen molar-refractivity contribution in [2.75, 3.05) is 17.7 Å². The molecule has 1 aromatic rings. The highest BCUT2D eigenvalue weighted by atomic mass is 35.5. The fourth-order valence-corrected chi connectivity index (χ4v) is 4.52. The molecule has 2 aliphatic rings. The number of nitrogens with zero attached hydrogens (tertiary/aromatic N) is 1. The van der Waals surface area contributed by atoms with Crippen molar-refractivity contribution in [2.24, 2.45) is 0 Å². The standard InChI is InChI=1S/C16H20ClNO3S/c1-11(22(2,20)21)15(19)18-10-16(8-3-4-9-16)12-6-5-7-13(17)14(12)18/h5-7,11H,3-4,8-10H2,1-2H3/t11-/m1/s1. The normalized spacial score (nSPS) is 21.1. The summed E-state index contributed by atoms with van der Waals surface area (Å²) in [7, 11) is -3.42. The second kappa shape index (κ2) is 5.24. The molecule has 0 radical (unpaired) electrons. The van der Waals surface area contributed by atoms with Crippen LogP contribution in [0.4, 0.5) is 5.69 Å². The summed E-state index contributed by atoms with van der Waals surface area (Å²) in [4.78, 5) is 14.3. The molecule has 1 heterocycles. The Bertz CT molecular complexity index is 723. The van der Waals surface area contributed by atoms with Gasteiger partial charge in [-0.1, -0.05) is 36.6 Å². The summed E-state index contributed by atoms with van der Waals surface area (Å²) in [6, 6.07) is 5.71. The van der Waals surface area contributed by atoms with Crippen LogP contribution in [0.3, 0.4) is 0 Å². The Morgan fingerprint density at radius 3 is 2.55 bits per heavy atom. The van der Waals surface area contributed by atoms with Crippen LogP contribution in [0.15, 0.2) is 18.2 Å². The second-order valence-corrected chi connectivity index (χ2v) is 9.29. The molecule has 0 saturated heterocycles. The van der Waals surface area contributed by atoms with Gasteiger partial charge in [-0.15, -0.1) is 0 Å². The Hall–Kier alpha value is -1.07. The van der Waals surface area contributed by atoms with Crippen molar-refractivity contribution in [2.45, 2.75) is 43.3 Å². The molecule has 1 saturated carbocycles. The zero-order valence-corrected chi connectivity index (χ0v) is 14.4. The van der Waals surface area contributed by atoms with E-state index in [1.807, 2.05) is 12.1 Å². The van der Waals surface area contributed by atoms with Crippen molar-refractivity contribution in [3.8, 4) is 0 Å². The molecular weight excluding hydrogens is 322 g/mol. The van der Waals surface area contributed by atoms with E-state index >= 15 is 0 Å². The third-order valence-electron chi connectivity index (χ3n) is 5.11. The van der Waals surface area contributed by atoms with Crippen molar-refractivity contribution < 1.29 is 13.2 Å². The molecule has 120 valence electrons. The number of rotatable bonds is 2. The molecule has 0 unspecified atom stereocenters. The first-order chi connectivity index (χ1) is 10.3. The van der Waals surface area contributed by atoms with Gasteiger partial charge in [0, 0.05) is 18.2 Å². The number of halogens is 1. The Morgan fingerprint density at radius 2 is 1.95 bits per heavy atom. The van der Waals surface area contributed by atoms with Crippen LogP contribution in [-0.4, -0.2) is 32.4 Å². The maximum Gasteiger partial charge on any atom is 0.245 e. The molecule has 1 aromatic carbocycles. The minimum atomic E-state index is -3.42. The van der Waals surface area contributed by atoms with Gasteiger partial charge in [0.1, 0.15) is 5.25 Å². The molecule has 0 N–H and O–H groups in total. The molecule has 3 rings (SSSR count). The number of anilines is 1. The molecule has 1 aliphatic carbocycles. The molecule has 1 amide bonds. The van der Waals surface area contributed by atoms with E-state index in [-0.39, 0.29) is 11.3 Å². The number of amides is 1. The van der Waals surface area contributed by atoms with Crippen LogP contribution in [0.25, 0.3) is 0 Å². The summed E-state index contributed by atoms with van der Waals surface area (Å²) < 4.78 is 23.5. The highest BCUT2D eigenvalue weighted by Crippen LogP contribution is 2.52. The molecule has 1 fully saturated rings. The summed E-state index contributed by atoms with van der Waals surface area (Å²) in [5.74, 6) is -0.374. The molecule has 1 spiro atoms. The van der Waals surface area contributed by atoms with E-state index < -0.39 is 15.1 Å². The number of fused-ring (bicyclic) bond motifs is 2. The number of sulfone groups is 1. The Kier molecular flexibility index (Phi) is 3.76. The van der Waals surface area contributed by atoms with Gasteiger partial charge in [0.15, 0.2) is 9.84 Å². The van der Waals surface area contributed by atoms with Gasteiger partial charge in [-0.2, -0.15) is 0 Å². The molecular formula is C16H20ClNO3S. The second-order valence-electron chi connectivity index (χ2n) is 6.52. The third kappa shape index (κ3) is 2.35. The average molecular weight is 342 g/mol. The quantitative estimate of drug-likeness (QED) is 0.831. The van der Waals surface area contributed by atoms with Gasteiger partial charge in [0.25, 0.3) is 0 Å². The van der Waals surface area contributed by atoms with Gasteiger partial charge in [-0.05, 0) is 31.4 Å². The maximum absolute atomic E-state index is 12.7. The lowest BCUT2D eigenvalue weighted by molar-refractivity contribution is -0.118. The van der Waals surface area contributed by atoms with Gasteiger partial charge in [0.05, 0.1) is 10.7 Å². The number of para-hydroxylation sites is 1. The maximum atomic E-state index is 12.7. The van der Waals surface area contributed by atoms with Crippen molar-refractivity contribution >= 4 is 33.0 Å². The van der Waals surface area contributed by atoms with Crippen LogP contribution in [0, 0.1) is 0 Å². The summed E-state index contributed by atoms with van der Waals surface area (Å²) >= 11 is 6.35. The minimum Gasteiger partial charge on any atom is -0.309 e. The van der Waals surface area contributed by atoms with Gasteiger partial charge < -0.3 is 4.90 Å². The van der Waals surface area contributed by atoms with Gasteiger partial charge >= 0.3 is 0 Å². The first-order valence-electron chi connectivity index (χ1n) is 7.55. The Morgan fingerprint density at radius 1 is 1.32 bits per heavy atom. The molecule has 0 bridgehead atoms. The summed E-state index contributed by atoms with van der Waals surface area (Å²) in [6.45, 7) is 2.00. The zero-order chi connectivity index (χ0) is 16.1. The highest BCUT2D eigenvalue weighted by molar-refractivity contribution is 7.92. The minimum absolute atomic E-state index is 0.0485. The van der Waals surface area contributed by atoms with E-state index in [9.17, 15) is 13.2 Å². The molecule has 6 heteroatoms. The largest absolute Gasteiger partial charge is 0.309 e. The number of carbonyl (C=O) groups excluding carboxylic acids is 1. The summed E-state index contributed by atoms with van der Waals surface area (Å²) in [5.41, 5.74) is 1.77. The highest BCUT2D eigenvalue weighted by Gasteiger charge is 2.48. The molecule has 1 aliphatic heterocycles. The van der Waals surface area contributed by atoms with E-state index in [1.165, 1.54) is 6.92 Å². The molecule has 22 heavy (non-hydrogen) atoms. The lowest BCUT2D eigenvalue weighted by Crippen LogP contribution is -2.43. The fourth-order valence-electron chi connectivity index (χ4n) is 3.75. The SMILES string of the molecule is C[C@H](C(=O)N1CC2(CCCC2)c2cccc(Cl)c21)S(C)(=O)=O.